The van der Waals surface area contributed by atoms with Crippen molar-refractivity contribution >= 4 is 15.9 Å². The van der Waals surface area contributed by atoms with Crippen LogP contribution in [0.1, 0.15) is 18.9 Å². The Kier molecular flexibility index (Phi) is 7.86. The smallest absolute Gasteiger partial charge is 0.161 e. The van der Waals surface area contributed by atoms with E-state index in [1.54, 1.807) is 7.11 Å². The van der Waals surface area contributed by atoms with Crippen LogP contribution in [0.2, 0.25) is 0 Å². The van der Waals surface area contributed by atoms with Crippen molar-refractivity contribution in [2.24, 2.45) is 0 Å². The van der Waals surface area contributed by atoms with Gasteiger partial charge in [0.05, 0.1) is 13.7 Å². The van der Waals surface area contributed by atoms with Gasteiger partial charge in [-0.05, 0) is 51.2 Å². The van der Waals surface area contributed by atoms with Gasteiger partial charge in [-0.25, -0.2) is 0 Å². The summed E-state index contributed by atoms with van der Waals surface area (Å²) in [6, 6.07) is 3.98. The van der Waals surface area contributed by atoms with E-state index >= 15 is 0 Å². The fourth-order valence-corrected chi connectivity index (χ4v) is 2.22. The van der Waals surface area contributed by atoms with E-state index in [1.165, 1.54) is 5.56 Å². The van der Waals surface area contributed by atoms with Crippen LogP contribution in [0.25, 0.3) is 0 Å². The lowest BCUT2D eigenvalue weighted by Gasteiger charge is -2.13. The molecule has 4 nitrogen and oxygen atoms in total. The van der Waals surface area contributed by atoms with Crippen LogP contribution in [0.15, 0.2) is 16.6 Å². The molecule has 0 aliphatic rings. The molecule has 1 aromatic rings. The van der Waals surface area contributed by atoms with Crippen LogP contribution in [0, 0.1) is 0 Å². The molecule has 108 valence electrons. The Hall–Kier alpha value is -0.780. The highest BCUT2D eigenvalue weighted by Crippen LogP contribution is 2.33. The molecule has 19 heavy (non-hydrogen) atoms. The topological polar surface area (TPSA) is 42.5 Å². The van der Waals surface area contributed by atoms with Crippen LogP contribution < -0.4 is 20.1 Å². The summed E-state index contributed by atoms with van der Waals surface area (Å²) in [6.45, 7) is 5.43. The van der Waals surface area contributed by atoms with E-state index in [-0.39, 0.29) is 0 Å². The summed E-state index contributed by atoms with van der Waals surface area (Å²) in [5, 5.41) is 6.55. The molecule has 0 bridgehead atoms. The van der Waals surface area contributed by atoms with Gasteiger partial charge in [-0.3, -0.25) is 0 Å². The van der Waals surface area contributed by atoms with Gasteiger partial charge in [-0.1, -0.05) is 15.9 Å². The second-order valence-corrected chi connectivity index (χ2v) is 5.02. The number of rotatable bonds is 9. The summed E-state index contributed by atoms with van der Waals surface area (Å²) < 4.78 is 11.9. The Labute approximate surface area is 124 Å². The average Bonchev–Trinajstić information content (AvgIpc) is 2.41. The van der Waals surface area contributed by atoms with Gasteiger partial charge in [0.1, 0.15) is 0 Å². The summed E-state index contributed by atoms with van der Waals surface area (Å²) >= 11 is 3.57. The van der Waals surface area contributed by atoms with Crippen molar-refractivity contribution in [1.82, 2.24) is 10.6 Å². The van der Waals surface area contributed by atoms with E-state index in [2.05, 4.69) is 26.6 Å². The molecule has 0 heterocycles. The molecule has 0 aliphatic heterocycles. The lowest BCUT2D eigenvalue weighted by atomic mass is 10.2. The first-order valence-electron chi connectivity index (χ1n) is 6.57. The van der Waals surface area contributed by atoms with Crippen molar-refractivity contribution < 1.29 is 9.47 Å². The standard InChI is InChI=1S/C14H23BrN2O2/c1-4-19-14-8-11(10-17-7-5-6-16-2)12(15)9-13(14)18-3/h8-9,16-17H,4-7,10H2,1-3H3. The molecule has 0 fully saturated rings. The molecule has 0 saturated carbocycles. The van der Waals surface area contributed by atoms with Crippen LogP contribution >= 0.6 is 15.9 Å². The van der Waals surface area contributed by atoms with E-state index in [0.29, 0.717) is 6.61 Å². The molecule has 0 aromatic heterocycles. The summed E-state index contributed by atoms with van der Waals surface area (Å²) in [5.74, 6) is 1.55. The maximum Gasteiger partial charge on any atom is 0.161 e. The van der Waals surface area contributed by atoms with Gasteiger partial charge in [0.25, 0.3) is 0 Å². The third-order valence-electron chi connectivity index (χ3n) is 2.73. The summed E-state index contributed by atoms with van der Waals surface area (Å²) in [5.41, 5.74) is 1.17. The third-order valence-corrected chi connectivity index (χ3v) is 3.47. The van der Waals surface area contributed by atoms with Crippen molar-refractivity contribution in [3.05, 3.63) is 22.2 Å². The third kappa shape index (κ3) is 5.38. The first kappa shape index (κ1) is 16.3. The maximum atomic E-state index is 5.58. The molecule has 0 spiro atoms. The molecule has 0 saturated heterocycles. The van der Waals surface area contributed by atoms with E-state index in [4.69, 9.17) is 9.47 Å². The Bertz CT molecular complexity index is 386. The molecule has 0 amide bonds. The van der Waals surface area contributed by atoms with Gasteiger partial charge >= 0.3 is 0 Å². The summed E-state index contributed by atoms with van der Waals surface area (Å²) in [6.07, 6.45) is 1.11. The fraction of sp³-hybridized carbons (Fsp3) is 0.571. The minimum atomic E-state index is 0.632. The Morgan fingerprint density at radius 2 is 2.00 bits per heavy atom. The number of halogens is 1. The SMILES string of the molecule is CCOc1cc(CNCCCNC)c(Br)cc1OC. The number of benzene rings is 1. The van der Waals surface area contributed by atoms with Crippen LogP contribution in [0.5, 0.6) is 11.5 Å². The predicted octanol–water partition coefficient (Wildman–Crippen LogP) is 2.56. The molecule has 0 aliphatic carbocycles. The highest BCUT2D eigenvalue weighted by Gasteiger charge is 2.09. The minimum absolute atomic E-state index is 0.632. The number of hydrogen-bond acceptors (Lipinski definition) is 4. The van der Waals surface area contributed by atoms with Gasteiger partial charge in [-0.2, -0.15) is 0 Å². The normalized spacial score (nSPS) is 10.5. The predicted molar refractivity (Wildman–Crippen MR) is 82.1 cm³/mol. The molecular formula is C14H23BrN2O2. The van der Waals surface area contributed by atoms with Crippen molar-refractivity contribution in [2.45, 2.75) is 19.9 Å². The Morgan fingerprint density at radius 3 is 2.63 bits per heavy atom. The maximum absolute atomic E-state index is 5.58. The number of ether oxygens (including phenoxy) is 2. The molecular weight excluding hydrogens is 308 g/mol. The van der Waals surface area contributed by atoms with Crippen LogP contribution in [0.4, 0.5) is 0 Å². The molecule has 5 heteroatoms. The lowest BCUT2D eigenvalue weighted by Crippen LogP contribution is -2.19. The molecule has 2 N–H and O–H groups in total. The highest BCUT2D eigenvalue weighted by atomic mass is 79.9. The van der Waals surface area contributed by atoms with Gasteiger partial charge < -0.3 is 20.1 Å². The quantitative estimate of drug-likeness (QED) is 0.683. The number of methoxy groups -OCH3 is 1. The molecule has 1 rings (SSSR count). The second-order valence-electron chi connectivity index (χ2n) is 4.16. The van der Waals surface area contributed by atoms with E-state index in [9.17, 15) is 0 Å². The first-order valence-corrected chi connectivity index (χ1v) is 7.36. The van der Waals surface area contributed by atoms with Gasteiger partial charge in [0.15, 0.2) is 11.5 Å². The van der Waals surface area contributed by atoms with Crippen molar-refractivity contribution in [1.29, 1.82) is 0 Å². The van der Waals surface area contributed by atoms with Crippen LogP contribution in [-0.4, -0.2) is 33.9 Å². The molecule has 0 atom stereocenters. The zero-order chi connectivity index (χ0) is 14.1. The summed E-state index contributed by atoms with van der Waals surface area (Å²) in [7, 11) is 3.62. The molecule has 0 radical (unpaired) electrons. The van der Waals surface area contributed by atoms with Crippen molar-refractivity contribution in [3.8, 4) is 11.5 Å². The van der Waals surface area contributed by atoms with Gasteiger partial charge in [0.2, 0.25) is 0 Å². The number of nitrogens with one attached hydrogen (secondary N) is 2. The minimum Gasteiger partial charge on any atom is -0.493 e. The van der Waals surface area contributed by atoms with Crippen molar-refractivity contribution in [3.63, 3.8) is 0 Å². The van der Waals surface area contributed by atoms with Crippen LogP contribution in [0.3, 0.4) is 0 Å². The fourth-order valence-electron chi connectivity index (χ4n) is 1.75. The summed E-state index contributed by atoms with van der Waals surface area (Å²) in [4.78, 5) is 0. The monoisotopic (exact) mass is 330 g/mol. The lowest BCUT2D eigenvalue weighted by molar-refractivity contribution is 0.310. The highest BCUT2D eigenvalue weighted by molar-refractivity contribution is 9.10. The molecule has 1 aromatic carbocycles. The van der Waals surface area contributed by atoms with E-state index in [0.717, 1.165) is 42.0 Å². The second kappa shape index (κ2) is 9.18. The van der Waals surface area contributed by atoms with E-state index in [1.807, 2.05) is 26.1 Å². The van der Waals surface area contributed by atoms with Crippen LogP contribution in [-0.2, 0) is 6.54 Å². The van der Waals surface area contributed by atoms with Gasteiger partial charge in [-0.15, -0.1) is 0 Å². The number of hydrogen-bond donors (Lipinski definition) is 2. The average molecular weight is 331 g/mol. The van der Waals surface area contributed by atoms with Crippen molar-refractivity contribution in [2.75, 3.05) is 33.9 Å². The van der Waals surface area contributed by atoms with Gasteiger partial charge in [0, 0.05) is 11.0 Å². The Balaban J connectivity index is 2.64. The zero-order valence-electron chi connectivity index (χ0n) is 11.9. The largest absolute Gasteiger partial charge is 0.493 e. The zero-order valence-corrected chi connectivity index (χ0v) is 13.5. The first-order chi connectivity index (χ1) is 9.22. The Morgan fingerprint density at radius 1 is 1.21 bits per heavy atom. The van der Waals surface area contributed by atoms with E-state index < -0.39 is 0 Å². The molecule has 0 unspecified atom stereocenters.